The van der Waals surface area contributed by atoms with Crippen molar-refractivity contribution in [2.45, 2.75) is 31.8 Å². The first-order valence-corrected chi connectivity index (χ1v) is 5.71. The van der Waals surface area contributed by atoms with Gasteiger partial charge in [-0.25, -0.2) is 0 Å². The monoisotopic (exact) mass is 204 g/mol. The highest BCUT2D eigenvalue weighted by Crippen LogP contribution is 2.33. The Bertz CT molecular complexity index is 331. The molecule has 1 saturated carbocycles. The normalized spacial score (nSPS) is 18.1. The maximum absolute atomic E-state index is 5.90. The third kappa shape index (κ3) is 2.21. The molecule has 2 rings (SSSR count). The summed E-state index contributed by atoms with van der Waals surface area (Å²) in [6.07, 6.45) is 2.66. The number of nitrogens with two attached hydrogens (primary N) is 1. The van der Waals surface area contributed by atoms with Crippen LogP contribution in [0.2, 0.25) is 0 Å². The highest BCUT2D eigenvalue weighted by molar-refractivity contribution is 5.29. The van der Waals surface area contributed by atoms with Gasteiger partial charge in [0, 0.05) is 18.6 Å². The number of hydrogen-bond acceptors (Lipinski definition) is 2. The Morgan fingerprint density at radius 2 is 2.07 bits per heavy atom. The maximum atomic E-state index is 5.90. The van der Waals surface area contributed by atoms with Crippen LogP contribution >= 0.6 is 0 Å². The van der Waals surface area contributed by atoms with Crippen LogP contribution in [0.5, 0.6) is 0 Å². The van der Waals surface area contributed by atoms with E-state index >= 15 is 0 Å². The molecule has 1 aromatic carbocycles. The van der Waals surface area contributed by atoms with E-state index in [1.165, 1.54) is 24.0 Å². The van der Waals surface area contributed by atoms with Gasteiger partial charge >= 0.3 is 0 Å². The second-order valence-corrected chi connectivity index (χ2v) is 4.50. The molecule has 1 aliphatic carbocycles. The zero-order valence-electron chi connectivity index (χ0n) is 9.61. The van der Waals surface area contributed by atoms with Gasteiger partial charge in [0.2, 0.25) is 0 Å². The fourth-order valence-electron chi connectivity index (χ4n) is 2.21. The lowest BCUT2D eigenvalue weighted by molar-refractivity contribution is 0.239. The molecule has 2 nitrogen and oxygen atoms in total. The molecule has 82 valence electrons. The highest BCUT2D eigenvalue weighted by Gasteiger charge is 2.31. The molecular weight excluding hydrogens is 184 g/mol. The zero-order valence-corrected chi connectivity index (χ0v) is 9.61. The molecule has 0 saturated heterocycles. The van der Waals surface area contributed by atoms with Gasteiger partial charge in [-0.15, -0.1) is 0 Å². The summed E-state index contributed by atoms with van der Waals surface area (Å²) in [4.78, 5) is 2.43. The average Bonchev–Trinajstić information content (AvgIpc) is 3.05. The minimum Gasteiger partial charge on any atom is -0.329 e. The van der Waals surface area contributed by atoms with Gasteiger partial charge in [0.1, 0.15) is 0 Å². The Hall–Kier alpha value is -0.860. The van der Waals surface area contributed by atoms with Crippen molar-refractivity contribution in [2.24, 2.45) is 5.73 Å². The Kier molecular flexibility index (Phi) is 3.08. The van der Waals surface area contributed by atoms with Crippen molar-refractivity contribution < 1.29 is 0 Å². The van der Waals surface area contributed by atoms with Gasteiger partial charge in [-0.05, 0) is 37.9 Å². The molecule has 1 unspecified atom stereocenters. The van der Waals surface area contributed by atoms with Crippen LogP contribution < -0.4 is 5.73 Å². The van der Waals surface area contributed by atoms with Crippen LogP contribution in [0.15, 0.2) is 24.3 Å². The molecule has 15 heavy (non-hydrogen) atoms. The first kappa shape index (κ1) is 10.7. The predicted octanol–water partition coefficient (Wildman–Crippen LogP) is 2.09. The van der Waals surface area contributed by atoms with E-state index in [9.17, 15) is 0 Å². The highest BCUT2D eigenvalue weighted by atomic mass is 15.2. The molecule has 1 aliphatic rings. The van der Waals surface area contributed by atoms with Crippen LogP contribution in [-0.2, 0) is 0 Å². The lowest BCUT2D eigenvalue weighted by Gasteiger charge is -2.28. The van der Waals surface area contributed by atoms with E-state index in [1.807, 2.05) is 0 Å². The van der Waals surface area contributed by atoms with Gasteiger partial charge < -0.3 is 5.73 Å². The van der Waals surface area contributed by atoms with Crippen molar-refractivity contribution in [3.8, 4) is 0 Å². The Balaban J connectivity index is 2.21. The fourth-order valence-corrected chi connectivity index (χ4v) is 2.21. The van der Waals surface area contributed by atoms with Crippen molar-refractivity contribution in [3.05, 3.63) is 35.4 Å². The van der Waals surface area contributed by atoms with Gasteiger partial charge in [-0.3, -0.25) is 4.90 Å². The number of nitrogens with zero attached hydrogens (tertiary/aromatic N) is 1. The van der Waals surface area contributed by atoms with Crippen molar-refractivity contribution >= 4 is 0 Å². The maximum Gasteiger partial charge on any atom is 0.0472 e. The molecule has 0 aliphatic heterocycles. The van der Waals surface area contributed by atoms with Crippen molar-refractivity contribution in [1.29, 1.82) is 0 Å². The number of likely N-dealkylation sites (N-methyl/N-ethyl adjacent to an activating group) is 1. The van der Waals surface area contributed by atoms with Gasteiger partial charge in [-0.1, -0.05) is 24.3 Å². The zero-order chi connectivity index (χ0) is 10.8. The quantitative estimate of drug-likeness (QED) is 0.813. The molecule has 1 atom stereocenters. The van der Waals surface area contributed by atoms with Crippen molar-refractivity contribution in [1.82, 2.24) is 4.90 Å². The summed E-state index contributed by atoms with van der Waals surface area (Å²) in [5, 5.41) is 0. The Morgan fingerprint density at radius 3 is 2.60 bits per heavy atom. The second-order valence-electron chi connectivity index (χ2n) is 4.50. The van der Waals surface area contributed by atoms with Gasteiger partial charge in [0.15, 0.2) is 0 Å². The average molecular weight is 204 g/mol. The van der Waals surface area contributed by atoms with Crippen LogP contribution in [-0.4, -0.2) is 24.5 Å². The van der Waals surface area contributed by atoms with Crippen LogP contribution in [0.1, 0.15) is 30.0 Å². The van der Waals surface area contributed by atoms with Crippen molar-refractivity contribution in [2.75, 3.05) is 13.6 Å². The topological polar surface area (TPSA) is 29.3 Å². The van der Waals surface area contributed by atoms with Crippen LogP contribution in [0.4, 0.5) is 0 Å². The SMILES string of the molecule is Cc1ccccc1C(CN)N(C)C1CC1. The predicted molar refractivity (Wildman–Crippen MR) is 63.8 cm³/mol. The number of rotatable bonds is 4. The summed E-state index contributed by atoms with van der Waals surface area (Å²) >= 11 is 0. The van der Waals surface area contributed by atoms with E-state index in [0.29, 0.717) is 12.6 Å². The smallest absolute Gasteiger partial charge is 0.0472 e. The molecule has 0 bridgehead atoms. The summed E-state index contributed by atoms with van der Waals surface area (Å²) in [6.45, 7) is 2.87. The lowest BCUT2D eigenvalue weighted by Crippen LogP contribution is -2.32. The van der Waals surface area contributed by atoms with E-state index in [1.54, 1.807) is 0 Å². The fraction of sp³-hybridized carbons (Fsp3) is 0.538. The van der Waals surface area contributed by atoms with Crippen LogP contribution in [0.25, 0.3) is 0 Å². The first-order chi connectivity index (χ1) is 7.24. The molecule has 2 heteroatoms. The molecule has 0 spiro atoms. The number of hydrogen-bond donors (Lipinski definition) is 1. The van der Waals surface area contributed by atoms with Crippen LogP contribution in [0, 0.1) is 6.92 Å². The molecule has 1 fully saturated rings. The molecule has 2 N–H and O–H groups in total. The second kappa shape index (κ2) is 4.33. The standard InChI is InChI=1S/C13H20N2/c1-10-5-3-4-6-12(10)13(9-14)15(2)11-7-8-11/h3-6,11,13H,7-9,14H2,1-2H3. The summed E-state index contributed by atoms with van der Waals surface area (Å²) in [7, 11) is 2.20. The minimum absolute atomic E-state index is 0.388. The third-order valence-electron chi connectivity index (χ3n) is 3.39. The molecule has 0 heterocycles. The first-order valence-electron chi connectivity index (χ1n) is 5.71. The van der Waals surface area contributed by atoms with Gasteiger partial charge in [0.25, 0.3) is 0 Å². The van der Waals surface area contributed by atoms with E-state index in [-0.39, 0.29) is 0 Å². The molecule has 1 aromatic rings. The van der Waals surface area contributed by atoms with Gasteiger partial charge in [0.05, 0.1) is 0 Å². The van der Waals surface area contributed by atoms with E-state index in [4.69, 9.17) is 5.73 Å². The third-order valence-corrected chi connectivity index (χ3v) is 3.39. The number of benzene rings is 1. The molecule has 0 aromatic heterocycles. The number of aryl methyl sites for hydroxylation is 1. The molecule has 0 radical (unpaired) electrons. The molecular formula is C13H20N2. The summed E-state index contributed by atoms with van der Waals surface area (Å²) in [5.41, 5.74) is 8.63. The largest absolute Gasteiger partial charge is 0.329 e. The van der Waals surface area contributed by atoms with E-state index < -0.39 is 0 Å². The van der Waals surface area contributed by atoms with Crippen LogP contribution in [0.3, 0.4) is 0 Å². The van der Waals surface area contributed by atoms with Gasteiger partial charge in [-0.2, -0.15) is 0 Å². The Labute approximate surface area is 92.1 Å². The lowest BCUT2D eigenvalue weighted by atomic mass is 10.0. The summed E-state index contributed by atoms with van der Waals surface area (Å²) in [5.74, 6) is 0. The minimum atomic E-state index is 0.388. The summed E-state index contributed by atoms with van der Waals surface area (Å²) in [6, 6.07) is 9.71. The van der Waals surface area contributed by atoms with Crippen molar-refractivity contribution in [3.63, 3.8) is 0 Å². The van der Waals surface area contributed by atoms with E-state index in [0.717, 1.165) is 6.04 Å². The molecule has 0 amide bonds. The Morgan fingerprint density at radius 1 is 1.40 bits per heavy atom. The van der Waals surface area contributed by atoms with E-state index in [2.05, 4.69) is 43.1 Å². The summed E-state index contributed by atoms with van der Waals surface area (Å²) < 4.78 is 0.